The van der Waals surface area contributed by atoms with E-state index in [0.29, 0.717) is 11.3 Å². The van der Waals surface area contributed by atoms with Gasteiger partial charge in [0.2, 0.25) is 0 Å². The molecule has 0 unspecified atom stereocenters. The van der Waals surface area contributed by atoms with Crippen molar-refractivity contribution in [3.63, 3.8) is 0 Å². The highest BCUT2D eigenvalue weighted by atomic mass is 35.5. The number of likely N-dealkylation sites (tertiary alicyclic amines) is 1. The molecule has 1 spiro atoms. The number of nitrogens with zero attached hydrogens (tertiary/aromatic N) is 3. The standard InChI is InChI=1S/C16H28N4.2ClH/c1-14(2)10-20-13-18-9-15(20)11-19-8-5-16(12-19)3-6-17-7-4-16;;/h9,13-14,17H,3-8,10-12H2,1-2H3;2*1H. The molecule has 0 bridgehead atoms. The molecule has 3 rings (SSSR count). The Hall–Kier alpha value is -0.290. The minimum Gasteiger partial charge on any atom is -0.333 e. The molecule has 0 amide bonds. The van der Waals surface area contributed by atoms with Crippen molar-refractivity contribution in [2.75, 3.05) is 26.2 Å². The summed E-state index contributed by atoms with van der Waals surface area (Å²) in [7, 11) is 0. The van der Waals surface area contributed by atoms with Gasteiger partial charge >= 0.3 is 0 Å². The third-order valence-corrected chi connectivity index (χ3v) is 4.93. The Morgan fingerprint density at radius 3 is 2.64 bits per heavy atom. The molecule has 6 heteroatoms. The van der Waals surface area contributed by atoms with Gasteiger partial charge in [-0.05, 0) is 50.2 Å². The number of nitrogens with one attached hydrogen (secondary N) is 1. The molecule has 2 aliphatic heterocycles. The average Bonchev–Trinajstić information content (AvgIpc) is 2.99. The van der Waals surface area contributed by atoms with Crippen molar-refractivity contribution in [3.05, 3.63) is 18.2 Å². The number of hydrogen-bond acceptors (Lipinski definition) is 3. The lowest BCUT2D eigenvalue weighted by molar-refractivity contribution is 0.192. The first-order valence-electron chi connectivity index (χ1n) is 8.09. The van der Waals surface area contributed by atoms with Gasteiger partial charge in [0.15, 0.2) is 0 Å². The van der Waals surface area contributed by atoms with Crippen molar-refractivity contribution in [1.82, 2.24) is 19.8 Å². The van der Waals surface area contributed by atoms with E-state index in [9.17, 15) is 0 Å². The molecule has 0 radical (unpaired) electrons. The fraction of sp³-hybridized carbons (Fsp3) is 0.812. The normalized spacial score (nSPS) is 20.9. The summed E-state index contributed by atoms with van der Waals surface area (Å²) in [6, 6.07) is 0. The van der Waals surface area contributed by atoms with E-state index >= 15 is 0 Å². The van der Waals surface area contributed by atoms with Crippen LogP contribution < -0.4 is 5.32 Å². The number of imidazole rings is 1. The highest BCUT2D eigenvalue weighted by Gasteiger charge is 2.38. The molecule has 0 aliphatic carbocycles. The number of rotatable bonds is 4. The van der Waals surface area contributed by atoms with Crippen LogP contribution in [-0.2, 0) is 13.1 Å². The predicted octanol–water partition coefficient (Wildman–Crippen LogP) is 2.96. The van der Waals surface area contributed by atoms with Gasteiger partial charge in [0.25, 0.3) is 0 Å². The van der Waals surface area contributed by atoms with Crippen molar-refractivity contribution in [3.8, 4) is 0 Å². The van der Waals surface area contributed by atoms with E-state index in [2.05, 4.69) is 39.8 Å². The second-order valence-electron chi connectivity index (χ2n) is 7.14. The molecule has 2 fully saturated rings. The van der Waals surface area contributed by atoms with Crippen molar-refractivity contribution >= 4 is 24.8 Å². The van der Waals surface area contributed by atoms with Crippen LogP contribution in [0.4, 0.5) is 0 Å². The van der Waals surface area contributed by atoms with Gasteiger partial charge in [-0.2, -0.15) is 0 Å². The van der Waals surface area contributed by atoms with Gasteiger partial charge in [-0.3, -0.25) is 4.90 Å². The first-order valence-corrected chi connectivity index (χ1v) is 8.09. The van der Waals surface area contributed by atoms with Gasteiger partial charge in [-0.25, -0.2) is 4.98 Å². The van der Waals surface area contributed by atoms with E-state index in [0.717, 1.165) is 13.1 Å². The summed E-state index contributed by atoms with van der Waals surface area (Å²) in [5.74, 6) is 0.678. The summed E-state index contributed by atoms with van der Waals surface area (Å²) in [5.41, 5.74) is 1.98. The summed E-state index contributed by atoms with van der Waals surface area (Å²) in [6.07, 6.45) is 8.14. The van der Waals surface area contributed by atoms with Crippen LogP contribution >= 0.6 is 24.8 Å². The van der Waals surface area contributed by atoms with Gasteiger partial charge in [0.05, 0.1) is 12.0 Å². The minimum absolute atomic E-state index is 0. The fourth-order valence-electron chi connectivity index (χ4n) is 3.79. The molecule has 128 valence electrons. The maximum Gasteiger partial charge on any atom is 0.0948 e. The lowest BCUT2D eigenvalue weighted by Gasteiger charge is -2.34. The Kier molecular flexibility index (Phi) is 7.66. The maximum absolute atomic E-state index is 4.35. The average molecular weight is 349 g/mol. The zero-order chi connectivity index (χ0) is 14.0. The Morgan fingerprint density at radius 2 is 1.95 bits per heavy atom. The van der Waals surface area contributed by atoms with Crippen LogP contribution in [0.15, 0.2) is 12.5 Å². The number of halogens is 2. The van der Waals surface area contributed by atoms with Gasteiger partial charge in [0.1, 0.15) is 0 Å². The molecule has 1 aromatic rings. The van der Waals surface area contributed by atoms with Gasteiger partial charge in [-0.15, -0.1) is 24.8 Å². The van der Waals surface area contributed by atoms with Crippen molar-refractivity contribution in [2.45, 2.75) is 46.2 Å². The molecule has 4 nitrogen and oxygen atoms in total. The molecule has 0 aromatic carbocycles. The molecule has 0 saturated carbocycles. The highest BCUT2D eigenvalue weighted by Crippen LogP contribution is 2.38. The van der Waals surface area contributed by atoms with Crippen LogP contribution in [0.1, 0.15) is 38.8 Å². The van der Waals surface area contributed by atoms with Gasteiger partial charge in [-0.1, -0.05) is 13.8 Å². The largest absolute Gasteiger partial charge is 0.333 e. The summed E-state index contributed by atoms with van der Waals surface area (Å²) < 4.78 is 2.33. The Labute approximate surface area is 146 Å². The first kappa shape index (κ1) is 19.8. The topological polar surface area (TPSA) is 33.1 Å². The van der Waals surface area contributed by atoms with E-state index in [1.165, 1.54) is 51.1 Å². The first-order chi connectivity index (χ1) is 9.67. The monoisotopic (exact) mass is 348 g/mol. The highest BCUT2D eigenvalue weighted by molar-refractivity contribution is 5.85. The number of aromatic nitrogens is 2. The molecule has 1 aromatic heterocycles. The van der Waals surface area contributed by atoms with Gasteiger partial charge < -0.3 is 9.88 Å². The lowest BCUT2D eigenvalue weighted by Crippen LogP contribution is -2.38. The van der Waals surface area contributed by atoms with E-state index in [1.807, 2.05) is 6.33 Å². The molecule has 3 heterocycles. The summed E-state index contributed by atoms with van der Waals surface area (Å²) >= 11 is 0. The minimum atomic E-state index is 0. The second-order valence-corrected chi connectivity index (χ2v) is 7.14. The van der Waals surface area contributed by atoms with Gasteiger partial charge in [0, 0.05) is 25.8 Å². The molecule has 1 N–H and O–H groups in total. The fourth-order valence-corrected chi connectivity index (χ4v) is 3.79. The summed E-state index contributed by atoms with van der Waals surface area (Å²) in [5, 5.41) is 3.49. The van der Waals surface area contributed by atoms with Crippen LogP contribution in [0.25, 0.3) is 0 Å². The third-order valence-electron chi connectivity index (χ3n) is 4.93. The Bertz CT molecular complexity index is 441. The Morgan fingerprint density at radius 1 is 1.23 bits per heavy atom. The zero-order valence-corrected chi connectivity index (χ0v) is 15.4. The van der Waals surface area contributed by atoms with E-state index in [-0.39, 0.29) is 24.8 Å². The molecule has 22 heavy (non-hydrogen) atoms. The summed E-state index contributed by atoms with van der Waals surface area (Å²) in [6.45, 7) is 11.6. The smallest absolute Gasteiger partial charge is 0.0948 e. The van der Waals surface area contributed by atoms with E-state index in [1.54, 1.807) is 0 Å². The number of piperidine rings is 1. The molecule has 2 aliphatic rings. The van der Waals surface area contributed by atoms with E-state index < -0.39 is 0 Å². The van der Waals surface area contributed by atoms with Crippen LogP contribution in [0, 0.1) is 11.3 Å². The molecule has 0 atom stereocenters. The maximum atomic E-state index is 4.35. The quantitative estimate of drug-likeness (QED) is 0.907. The molecular weight excluding hydrogens is 319 g/mol. The van der Waals surface area contributed by atoms with Crippen LogP contribution in [0.2, 0.25) is 0 Å². The van der Waals surface area contributed by atoms with Crippen molar-refractivity contribution in [1.29, 1.82) is 0 Å². The summed E-state index contributed by atoms with van der Waals surface area (Å²) in [4.78, 5) is 6.99. The lowest BCUT2D eigenvalue weighted by atomic mass is 9.78. The molecule has 2 saturated heterocycles. The number of hydrogen-bond donors (Lipinski definition) is 1. The van der Waals surface area contributed by atoms with Crippen LogP contribution in [0.5, 0.6) is 0 Å². The second kappa shape index (κ2) is 8.53. The van der Waals surface area contributed by atoms with Crippen LogP contribution in [0.3, 0.4) is 0 Å². The third kappa shape index (κ3) is 4.60. The van der Waals surface area contributed by atoms with E-state index in [4.69, 9.17) is 0 Å². The predicted molar refractivity (Wildman–Crippen MR) is 96.0 cm³/mol. The SMILES string of the molecule is CC(C)Cn1cncc1CN1CCC2(CCNCC2)C1.Cl.Cl. The zero-order valence-electron chi connectivity index (χ0n) is 13.8. The van der Waals surface area contributed by atoms with Crippen molar-refractivity contribution < 1.29 is 0 Å². The Balaban J connectivity index is 0.00000121. The van der Waals surface area contributed by atoms with Crippen LogP contribution in [-0.4, -0.2) is 40.6 Å². The van der Waals surface area contributed by atoms with Crippen molar-refractivity contribution in [2.24, 2.45) is 11.3 Å². The molecular formula is C16H30Cl2N4.